The number of amides is 2. The van der Waals surface area contributed by atoms with Crippen LogP contribution in [0, 0.1) is 0 Å². The number of likely N-dealkylation sites (tertiary alicyclic amines) is 1. The SMILES string of the molecule is O=C1NC2(CCN(C(=O)c3ccccc3)C2)OCc2ccccc21. The van der Waals surface area contributed by atoms with Crippen molar-refractivity contribution < 1.29 is 14.3 Å². The zero-order valence-electron chi connectivity index (χ0n) is 13.2. The maximum Gasteiger partial charge on any atom is 0.254 e. The summed E-state index contributed by atoms with van der Waals surface area (Å²) < 4.78 is 6.04. The normalized spacial score (nSPS) is 22.8. The molecule has 2 heterocycles. The van der Waals surface area contributed by atoms with E-state index in [4.69, 9.17) is 4.74 Å². The Morgan fingerprint density at radius 2 is 1.83 bits per heavy atom. The number of nitrogens with one attached hydrogen (secondary N) is 1. The third-order valence-corrected chi connectivity index (χ3v) is 4.65. The van der Waals surface area contributed by atoms with Crippen molar-refractivity contribution in [3.63, 3.8) is 0 Å². The number of hydrogen-bond donors (Lipinski definition) is 1. The smallest absolute Gasteiger partial charge is 0.254 e. The molecule has 1 atom stereocenters. The van der Waals surface area contributed by atoms with Crippen molar-refractivity contribution in [2.45, 2.75) is 18.8 Å². The standard InChI is InChI=1S/C19H18N2O3/c22-17-16-9-5-4-8-15(16)12-24-19(20-17)10-11-21(13-19)18(23)14-6-2-1-3-7-14/h1-9H,10-13H2,(H,20,22). The number of ether oxygens (including phenoxy) is 1. The molecular weight excluding hydrogens is 304 g/mol. The largest absolute Gasteiger partial charge is 0.349 e. The third kappa shape index (κ3) is 2.57. The summed E-state index contributed by atoms with van der Waals surface area (Å²) in [4.78, 5) is 26.9. The lowest BCUT2D eigenvalue weighted by Gasteiger charge is -2.28. The van der Waals surface area contributed by atoms with E-state index < -0.39 is 5.72 Å². The maximum atomic E-state index is 12.6. The minimum Gasteiger partial charge on any atom is -0.349 e. The highest BCUT2D eigenvalue weighted by Gasteiger charge is 2.44. The second-order valence-electron chi connectivity index (χ2n) is 6.24. The van der Waals surface area contributed by atoms with Crippen LogP contribution in [0.4, 0.5) is 0 Å². The van der Waals surface area contributed by atoms with Crippen molar-refractivity contribution in [3.8, 4) is 0 Å². The monoisotopic (exact) mass is 322 g/mol. The van der Waals surface area contributed by atoms with Gasteiger partial charge in [0.25, 0.3) is 11.8 Å². The Morgan fingerprint density at radius 3 is 2.67 bits per heavy atom. The van der Waals surface area contributed by atoms with Gasteiger partial charge in [0, 0.05) is 24.1 Å². The molecule has 0 bridgehead atoms. The first-order valence-electron chi connectivity index (χ1n) is 8.06. The van der Waals surface area contributed by atoms with Gasteiger partial charge in [-0.2, -0.15) is 0 Å². The molecule has 24 heavy (non-hydrogen) atoms. The Bertz CT molecular complexity index is 790. The number of carbonyl (C=O) groups is 2. The minimum absolute atomic E-state index is 0.0351. The zero-order chi connectivity index (χ0) is 16.6. The molecule has 0 saturated carbocycles. The van der Waals surface area contributed by atoms with Gasteiger partial charge in [-0.25, -0.2) is 0 Å². The van der Waals surface area contributed by atoms with Crippen LogP contribution in [-0.2, 0) is 11.3 Å². The Hall–Kier alpha value is -2.66. The Balaban J connectivity index is 1.54. The first kappa shape index (κ1) is 14.9. The summed E-state index contributed by atoms with van der Waals surface area (Å²) in [5, 5.41) is 2.99. The highest BCUT2D eigenvalue weighted by atomic mass is 16.5. The number of carbonyl (C=O) groups excluding carboxylic acids is 2. The van der Waals surface area contributed by atoms with Gasteiger partial charge in [-0.1, -0.05) is 36.4 Å². The van der Waals surface area contributed by atoms with E-state index in [2.05, 4.69) is 5.32 Å². The molecule has 1 N–H and O–H groups in total. The predicted octanol–water partition coefficient (Wildman–Crippen LogP) is 2.19. The summed E-state index contributed by atoms with van der Waals surface area (Å²) in [5.41, 5.74) is 1.36. The summed E-state index contributed by atoms with van der Waals surface area (Å²) in [6, 6.07) is 16.6. The predicted molar refractivity (Wildman–Crippen MR) is 88.4 cm³/mol. The van der Waals surface area contributed by atoms with E-state index >= 15 is 0 Å². The minimum atomic E-state index is -0.805. The molecule has 1 spiro atoms. The number of benzene rings is 2. The molecule has 2 amide bonds. The van der Waals surface area contributed by atoms with E-state index in [1.54, 1.807) is 23.1 Å². The lowest BCUT2D eigenvalue weighted by molar-refractivity contribution is -0.0613. The fourth-order valence-corrected chi connectivity index (χ4v) is 3.33. The summed E-state index contributed by atoms with van der Waals surface area (Å²) in [6.45, 7) is 1.28. The van der Waals surface area contributed by atoms with Gasteiger partial charge < -0.3 is 15.0 Å². The molecule has 122 valence electrons. The van der Waals surface area contributed by atoms with Crippen LogP contribution < -0.4 is 5.32 Å². The van der Waals surface area contributed by atoms with Gasteiger partial charge >= 0.3 is 0 Å². The van der Waals surface area contributed by atoms with Gasteiger partial charge in [-0.05, 0) is 23.8 Å². The summed E-state index contributed by atoms with van der Waals surface area (Å²) >= 11 is 0. The van der Waals surface area contributed by atoms with E-state index in [1.165, 1.54) is 0 Å². The molecule has 1 unspecified atom stereocenters. The summed E-state index contributed by atoms with van der Waals surface area (Å²) in [7, 11) is 0. The number of rotatable bonds is 1. The highest BCUT2D eigenvalue weighted by molar-refractivity contribution is 5.97. The van der Waals surface area contributed by atoms with Crippen LogP contribution in [0.15, 0.2) is 54.6 Å². The first-order chi connectivity index (χ1) is 11.7. The van der Waals surface area contributed by atoms with Gasteiger partial charge in [0.15, 0.2) is 5.72 Å². The van der Waals surface area contributed by atoms with Gasteiger partial charge in [0.05, 0.1) is 13.2 Å². The van der Waals surface area contributed by atoms with Crippen molar-refractivity contribution in [2.75, 3.05) is 13.1 Å². The average Bonchev–Trinajstić information content (AvgIpc) is 2.98. The maximum absolute atomic E-state index is 12.6. The number of fused-ring (bicyclic) bond motifs is 1. The highest BCUT2D eigenvalue weighted by Crippen LogP contribution is 2.29. The molecule has 0 aliphatic carbocycles. The van der Waals surface area contributed by atoms with Crippen molar-refractivity contribution in [1.82, 2.24) is 10.2 Å². The molecule has 0 aromatic heterocycles. The van der Waals surface area contributed by atoms with Gasteiger partial charge in [-0.3, -0.25) is 9.59 Å². The molecule has 2 aliphatic heterocycles. The van der Waals surface area contributed by atoms with Crippen LogP contribution in [0.2, 0.25) is 0 Å². The average molecular weight is 322 g/mol. The number of nitrogens with zero attached hydrogens (tertiary/aromatic N) is 1. The van der Waals surface area contributed by atoms with Crippen LogP contribution in [-0.4, -0.2) is 35.5 Å². The fourth-order valence-electron chi connectivity index (χ4n) is 3.33. The van der Waals surface area contributed by atoms with E-state index in [1.807, 2.05) is 36.4 Å². The molecule has 5 heteroatoms. The molecule has 0 radical (unpaired) electrons. The van der Waals surface area contributed by atoms with Crippen LogP contribution in [0.5, 0.6) is 0 Å². The molecule has 1 fully saturated rings. The molecule has 2 aliphatic rings. The topological polar surface area (TPSA) is 58.6 Å². The second-order valence-corrected chi connectivity index (χ2v) is 6.24. The Labute approximate surface area is 140 Å². The van der Waals surface area contributed by atoms with E-state index in [0.717, 1.165) is 5.56 Å². The summed E-state index contributed by atoms with van der Waals surface area (Å²) in [6.07, 6.45) is 0.589. The molecule has 2 aromatic carbocycles. The van der Waals surface area contributed by atoms with E-state index in [9.17, 15) is 9.59 Å². The first-order valence-corrected chi connectivity index (χ1v) is 8.06. The third-order valence-electron chi connectivity index (χ3n) is 4.65. The molecule has 5 nitrogen and oxygen atoms in total. The molecule has 1 saturated heterocycles. The fraction of sp³-hybridized carbons (Fsp3) is 0.263. The lowest BCUT2D eigenvalue weighted by Crippen LogP contribution is -2.51. The van der Waals surface area contributed by atoms with Crippen LogP contribution >= 0.6 is 0 Å². The molecule has 4 rings (SSSR count). The Morgan fingerprint density at radius 1 is 1.08 bits per heavy atom. The van der Waals surface area contributed by atoms with Crippen LogP contribution in [0.25, 0.3) is 0 Å². The van der Waals surface area contributed by atoms with Crippen molar-refractivity contribution in [3.05, 3.63) is 71.3 Å². The van der Waals surface area contributed by atoms with Gasteiger partial charge in [-0.15, -0.1) is 0 Å². The van der Waals surface area contributed by atoms with E-state index in [0.29, 0.717) is 37.2 Å². The molecular formula is C19H18N2O3. The Kier molecular flexibility index (Phi) is 3.58. The van der Waals surface area contributed by atoms with Gasteiger partial charge in [0.1, 0.15) is 0 Å². The van der Waals surface area contributed by atoms with Crippen molar-refractivity contribution in [1.29, 1.82) is 0 Å². The zero-order valence-corrected chi connectivity index (χ0v) is 13.2. The summed E-state index contributed by atoms with van der Waals surface area (Å²) in [5.74, 6) is -0.177. The lowest BCUT2D eigenvalue weighted by atomic mass is 10.1. The van der Waals surface area contributed by atoms with Crippen LogP contribution in [0.1, 0.15) is 32.7 Å². The molecule has 2 aromatic rings. The van der Waals surface area contributed by atoms with Crippen LogP contribution in [0.3, 0.4) is 0 Å². The quantitative estimate of drug-likeness (QED) is 0.875. The van der Waals surface area contributed by atoms with Crippen molar-refractivity contribution in [2.24, 2.45) is 0 Å². The van der Waals surface area contributed by atoms with E-state index in [-0.39, 0.29) is 11.8 Å². The second kappa shape index (κ2) is 5.76. The van der Waals surface area contributed by atoms with Crippen molar-refractivity contribution >= 4 is 11.8 Å². The van der Waals surface area contributed by atoms with Gasteiger partial charge in [0.2, 0.25) is 0 Å². The number of hydrogen-bond acceptors (Lipinski definition) is 3.